The van der Waals surface area contributed by atoms with Gasteiger partial charge in [-0.3, -0.25) is 4.72 Å². The first-order valence-corrected chi connectivity index (χ1v) is 13.5. The van der Waals surface area contributed by atoms with Crippen LogP contribution in [0.4, 0.5) is 28.8 Å². The molecule has 0 spiro atoms. The van der Waals surface area contributed by atoms with Gasteiger partial charge in [-0.05, 0) is 99.2 Å². The van der Waals surface area contributed by atoms with Gasteiger partial charge in [0.1, 0.15) is 5.82 Å². The lowest BCUT2D eigenvalue weighted by Gasteiger charge is -2.17. The summed E-state index contributed by atoms with van der Waals surface area (Å²) >= 11 is 0. The molecule has 36 heavy (non-hydrogen) atoms. The zero-order chi connectivity index (χ0) is 25.1. The van der Waals surface area contributed by atoms with Crippen LogP contribution >= 0.6 is 0 Å². The molecular weight excluding hydrogens is 470 g/mol. The van der Waals surface area contributed by atoms with Crippen molar-refractivity contribution >= 4 is 38.9 Å². The fourth-order valence-corrected chi connectivity index (χ4v) is 5.42. The number of nitrogens with zero attached hydrogens (tertiary/aromatic N) is 2. The van der Waals surface area contributed by atoms with Gasteiger partial charge in [0, 0.05) is 28.8 Å². The molecule has 1 aliphatic carbocycles. The highest BCUT2D eigenvalue weighted by Crippen LogP contribution is 2.26. The van der Waals surface area contributed by atoms with Gasteiger partial charge in [-0.1, -0.05) is 23.8 Å². The number of aromatic nitrogens is 2. The Hall–Kier alpha value is -3.91. The lowest BCUT2D eigenvalue weighted by Crippen LogP contribution is -2.14. The van der Waals surface area contributed by atoms with Gasteiger partial charge >= 0.3 is 0 Å². The number of nitrogens with one attached hydrogen (secondary N) is 3. The van der Waals surface area contributed by atoms with Gasteiger partial charge in [-0.25, -0.2) is 13.4 Å². The molecule has 0 radical (unpaired) electrons. The van der Waals surface area contributed by atoms with E-state index in [9.17, 15) is 8.42 Å². The van der Waals surface area contributed by atoms with Crippen LogP contribution in [-0.2, 0) is 22.9 Å². The summed E-state index contributed by atoms with van der Waals surface area (Å²) in [7, 11) is -3.67. The van der Waals surface area contributed by atoms with Gasteiger partial charge in [0.2, 0.25) is 5.95 Å². The highest BCUT2D eigenvalue weighted by molar-refractivity contribution is 7.92. The Morgan fingerprint density at radius 2 is 1.33 bits per heavy atom. The number of anilines is 5. The van der Waals surface area contributed by atoms with Gasteiger partial charge < -0.3 is 10.6 Å². The molecular formula is C28H29N5O2S. The summed E-state index contributed by atoms with van der Waals surface area (Å²) in [4.78, 5) is 9.32. The molecule has 0 saturated carbocycles. The molecule has 3 aromatic carbocycles. The van der Waals surface area contributed by atoms with E-state index in [1.165, 1.54) is 11.1 Å². The van der Waals surface area contributed by atoms with Gasteiger partial charge in [0.15, 0.2) is 0 Å². The smallest absolute Gasteiger partial charge is 0.261 e. The highest BCUT2D eigenvalue weighted by atomic mass is 32.2. The number of hydrogen-bond acceptors (Lipinski definition) is 6. The van der Waals surface area contributed by atoms with Crippen molar-refractivity contribution in [3.05, 3.63) is 95.2 Å². The molecule has 0 unspecified atom stereocenters. The number of benzene rings is 3. The van der Waals surface area contributed by atoms with Gasteiger partial charge in [-0.2, -0.15) is 4.98 Å². The molecule has 0 amide bonds. The molecule has 4 aromatic rings. The van der Waals surface area contributed by atoms with Crippen molar-refractivity contribution in [2.75, 3.05) is 15.4 Å². The molecule has 1 aromatic heterocycles. The first kappa shape index (κ1) is 23.8. The second-order valence-corrected chi connectivity index (χ2v) is 10.8. The zero-order valence-corrected chi connectivity index (χ0v) is 21.2. The molecule has 0 bridgehead atoms. The fraction of sp³-hybridized carbons (Fsp3) is 0.214. The summed E-state index contributed by atoms with van der Waals surface area (Å²) in [6.45, 7) is 3.96. The van der Waals surface area contributed by atoms with Crippen LogP contribution in [0.5, 0.6) is 0 Å². The Morgan fingerprint density at radius 1 is 0.694 bits per heavy atom. The summed E-state index contributed by atoms with van der Waals surface area (Å²) in [6, 6.07) is 22.4. The molecule has 0 fully saturated rings. The van der Waals surface area contributed by atoms with Crippen LogP contribution in [0.1, 0.15) is 35.2 Å². The van der Waals surface area contributed by atoms with Crippen LogP contribution in [0.15, 0.2) is 77.7 Å². The molecule has 7 nitrogen and oxygen atoms in total. The minimum Gasteiger partial charge on any atom is -0.340 e. The Bertz CT molecular complexity index is 1480. The van der Waals surface area contributed by atoms with E-state index in [0.29, 0.717) is 22.3 Å². The Labute approximate surface area is 212 Å². The second kappa shape index (κ2) is 9.99. The lowest BCUT2D eigenvalue weighted by molar-refractivity contribution is 0.600. The predicted octanol–water partition coefficient (Wildman–Crippen LogP) is 6.26. The van der Waals surface area contributed by atoms with Gasteiger partial charge in [0.05, 0.1) is 4.90 Å². The average Bonchev–Trinajstić information content (AvgIpc) is 2.86. The monoisotopic (exact) mass is 499 g/mol. The first-order chi connectivity index (χ1) is 17.3. The largest absolute Gasteiger partial charge is 0.340 e. The van der Waals surface area contributed by atoms with Crippen molar-refractivity contribution in [2.24, 2.45) is 0 Å². The van der Waals surface area contributed by atoms with Crippen LogP contribution in [0, 0.1) is 13.8 Å². The van der Waals surface area contributed by atoms with Crippen LogP contribution in [0.25, 0.3) is 0 Å². The molecule has 8 heteroatoms. The fourth-order valence-electron chi connectivity index (χ4n) is 4.32. The minimum atomic E-state index is -3.67. The van der Waals surface area contributed by atoms with E-state index >= 15 is 0 Å². The van der Waals surface area contributed by atoms with Crippen molar-refractivity contribution < 1.29 is 8.42 Å². The predicted molar refractivity (Wildman–Crippen MR) is 145 cm³/mol. The highest BCUT2D eigenvalue weighted by Gasteiger charge is 2.18. The van der Waals surface area contributed by atoms with Crippen LogP contribution in [-0.4, -0.2) is 18.4 Å². The summed E-state index contributed by atoms with van der Waals surface area (Å²) in [5.74, 6) is 1.13. The Morgan fingerprint density at radius 3 is 2.08 bits per heavy atom. The number of hydrogen-bond donors (Lipinski definition) is 3. The van der Waals surface area contributed by atoms with Crippen molar-refractivity contribution in [1.82, 2.24) is 9.97 Å². The number of sulfonamides is 1. The first-order valence-electron chi connectivity index (χ1n) is 12.1. The van der Waals surface area contributed by atoms with Crippen molar-refractivity contribution in [3.63, 3.8) is 0 Å². The van der Waals surface area contributed by atoms with Crippen LogP contribution in [0.2, 0.25) is 0 Å². The molecule has 0 atom stereocenters. The number of fused-ring (bicyclic) bond motifs is 1. The van der Waals surface area contributed by atoms with E-state index < -0.39 is 10.0 Å². The van der Waals surface area contributed by atoms with E-state index in [-0.39, 0.29) is 0 Å². The van der Waals surface area contributed by atoms with E-state index in [0.717, 1.165) is 48.3 Å². The average molecular weight is 500 g/mol. The molecule has 0 aliphatic heterocycles. The van der Waals surface area contributed by atoms with E-state index in [1.54, 1.807) is 30.3 Å². The summed E-state index contributed by atoms with van der Waals surface area (Å²) < 4.78 is 28.6. The van der Waals surface area contributed by atoms with Crippen molar-refractivity contribution in [1.29, 1.82) is 0 Å². The van der Waals surface area contributed by atoms with Gasteiger partial charge in [0.25, 0.3) is 10.0 Å². The molecule has 5 rings (SSSR count). The molecule has 0 saturated heterocycles. The molecule has 1 aliphatic rings. The van der Waals surface area contributed by atoms with Crippen molar-refractivity contribution in [3.8, 4) is 0 Å². The van der Waals surface area contributed by atoms with Crippen molar-refractivity contribution in [2.45, 2.75) is 44.4 Å². The normalized spacial score (nSPS) is 13.1. The topological polar surface area (TPSA) is 96.0 Å². The second-order valence-electron chi connectivity index (χ2n) is 9.15. The Balaban J connectivity index is 1.27. The summed E-state index contributed by atoms with van der Waals surface area (Å²) in [6.07, 6.45) is 4.22. The quantitative estimate of drug-likeness (QED) is 0.278. The maximum Gasteiger partial charge on any atom is 0.261 e. The maximum absolute atomic E-state index is 13.0. The van der Waals surface area contributed by atoms with Crippen LogP contribution in [0.3, 0.4) is 0 Å². The van der Waals surface area contributed by atoms with E-state index in [1.807, 2.05) is 56.3 Å². The SMILES string of the molecule is Cc1ccc(Nc2cc(C)nc(Nc3ccc(NS(=O)(=O)c4ccc5c(c4)CCCC5)cc3)n2)cc1. The van der Waals surface area contributed by atoms with E-state index in [2.05, 4.69) is 25.3 Å². The van der Waals surface area contributed by atoms with E-state index in [4.69, 9.17) is 0 Å². The summed E-state index contributed by atoms with van der Waals surface area (Å²) in [5, 5.41) is 6.50. The third-order valence-electron chi connectivity index (χ3n) is 6.20. The zero-order valence-electron chi connectivity index (χ0n) is 20.4. The minimum absolute atomic E-state index is 0.298. The third-order valence-corrected chi connectivity index (χ3v) is 7.58. The number of rotatable bonds is 7. The standard InChI is InChI=1S/C28H29N5O2S/c1-19-7-10-23(11-8-19)30-27-17-20(2)29-28(32-27)31-24-12-14-25(15-13-24)33-36(34,35)26-16-9-21-5-3-4-6-22(21)18-26/h7-18,33H,3-6H2,1-2H3,(H2,29,30,31,32). The molecule has 1 heterocycles. The Kier molecular flexibility index (Phi) is 6.61. The lowest BCUT2D eigenvalue weighted by atomic mass is 9.92. The third kappa shape index (κ3) is 5.66. The van der Waals surface area contributed by atoms with Crippen LogP contribution < -0.4 is 15.4 Å². The molecule has 184 valence electrons. The summed E-state index contributed by atoms with van der Waals surface area (Å²) in [5.41, 5.74) is 6.58. The number of aryl methyl sites for hydroxylation is 4. The maximum atomic E-state index is 13.0. The van der Waals surface area contributed by atoms with Gasteiger partial charge in [-0.15, -0.1) is 0 Å². The molecule has 3 N–H and O–H groups in total.